The van der Waals surface area contributed by atoms with Gasteiger partial charge >= 0.3 is 0 Å². The van der Waals surface area contributed by atoms with E-state index in [4.69, 9.17) is 9.15 Å². The number of nitrogens with one attached hydrogen (secondary N) is 2. The Morgan fingerprint density at radius 2 is 1.85 bits per heavy atom. The van der Waals surface area contributed by atoms with E-state index >= 15 is 0 Å². The summed E-state index contributed by atoms with van der Waals surface area (Å²) in [5.41, 5.74) is 0.709. The molecule has 3 rings (SSSR count). The van der Waals surface area contributed by atoms with Gasteiger partial charge in [0.05, 0.1) is 19.4 Å². The number of hydrogen-bond donors (Lipinski definition) is 2. The second-order valence-corrected chi connectivity index (χ2v) is 8.50. The lowest BCUT2D eigenvalue weighted by Crippen LogP contribution is -2.49. The van der Waals surface area contributed by atoms with Gasteiger partial charge in [-0.3, -0.25) is 14.4 Å². The molecule has 2 N–H and O–H groups in total. The summed E-state index contributed by atoms with van der Waals surface area (Å²) in [6.45, 7) is 4.66. The Labute approximate surface area is 201 Å². The van der Waals surface area contributed by atoms with Crippen molar-refractivity contribution in [3.8, 4) is 5.75 Å². The molecule has 0 spiro atoms. The van der Waals surface area contributed by atoms with Gasteiger partial charge in [0.2, 0.25) is 11.8 Å². The van der Waals surface area contributed by atoms with Crippen LogP contribution < -0.4 is 15.4 Å². The van der Waals surface area contributed by atoms with E-state index in [0.717, 1.165) is 38.5 Å². The molecular weight excluding hydrogens is 434 g/mol. The van der Waals surface area contributed by atoms with Crippen molar-refractivity contribution < 1.29 is 23.5 Å². The molecule has 1 fully saturated rings. The van der Waals surface area contributed by atoms with E-state index in [1.54, 1.807) is 11.0 Å². The van der Waals surface area contributed by atoms with Crippen molar-refractivity contribution in [2.45, 2.75) is 64.5 Å². The van der Waals surface area contributed by atoms with Gasteiger partial charge in [0, 0.05) is 12.6 Å². The lowest BCUT2D eigenvalue weighted by atomic mass is 10.0. The van der Waals surface area contributed by atoms with Gasteiger partial charge in [-0.2, -0.15) is 0 Å². The van der Waals surface area contributed by atoms with Gasteiger partial charge in [-0.1, -0.05) is 38.3 Å². The zero-order chi connectivity index (χ0) is 24.3. The molecule has 34 heavy (non-hydrogen) atoms. The van der Waals surface area contributed by atoms with Crippen LogP contribution in [0.15, 0.2) is 47.1 Å². The molecule has 184 valence electrons. The van der Waals surface area contributed by atoms with Crippen molar-refractivity contribution >= 4 is 17.7 Å². The summed E-state index contributed by atoms with van der Waals surface area (Å²) in [7, 11) is 0. The number of ether oxygens (including phenoxy) is 1. The maximum absolute atomic E-state index is 13.5. The summed E-state index contributed by atoms with van der Waals surface area (Å²) in [6, 6.07) is 9.77. The summed E-state index contributed by atoms with van der Waals surface area (Å²) in [5.74, 6) is -0.151. The number of carbonyl (C=O) groups excluding carboxylic acids is 3. The van der Waals surface area contributed by atoms with Crippen LogP contribution in [0.5, 0.6) is 5.75 Å². The van der Waals surface area contributed by atoms with Gasteiger partial charge in [-0.05, 0) is 56.0 Å². The van der Waals surface area contributed by atoms with Gasteiger partial charge in [0.1, 0.15) is 11.8 Å². The van der Waals surface area contributed by atoms with Crippen LogP contribution in [0.1, 0.15) is 74.5 Å². The summed E-state index contributed by atoms with van der Waals surface area (Å²) in [4.78, 5) is 40.7. The highest BCUT2D eigenvalue weighted by Crippen LogP contribution is 2.26. The second kappa shape index (κ2) is 12.8. The van der Waals surface area contributed by atoms with Crippen LogP contribution in [0, 0.1) is 0 Å². The summed E-state index contributed by atoms with van der Waals surface area (Å²) in [6.07, 6.45) is 7.09. The minimum atomic E-state index is -0.796. The molecular formula is C26H35N3O5. The SMILES string of the molecule is CCCCN(C(=O)CNC(=O)c1ccco1)[C@H](C(=O)NC1CCCC1)c1ccc(OCC)cc1. The molecule has 2 aromatic rings. The van der Waals surface area contributed by atoms with Crippen molar-refractivity contribution in [1.82, 2.24) is 15.5 Å². The number of furan rings is 1. The molecule has 8 nitrogen and oxygen atoms in total. The Balaban J connectivity index is 1.82. The average Bonchev–Trinajstić information content (AvgIpc) is 3.55. The summed E-state index contributed by atoms with van der Waals surface area (Å²) >= 11 is 0. The average molecular weight is 470 g/mol. The zero-order valence-corrected chi connectivity index (χ0v) is 20.0. The maximum atomic E-state index is 13.5. The normalized spacial score (nSPS) is 14.4. The van der Waals surface area contributed by atoms with Crippen LogP contribution >= 0.6 is 0 Å². The van der Waals surface area contributed by atoms with Gasteiger partial charge < -0.3 is 24.7 Å². The molecule has 3 amide bonds. The second-order valence-electron chi connectivity index (χ2n) is 8.50. The summed E-state index contributed by atoms with van der Waals surface area (Å²) in [5, 5.41) is 5.76. The third-order valence-electron chi connectivity index (χ3n) is 5.99. The standard InChI is InChI=1S/C26H35N3O5/c1-3-5-16-29(23(30)18-27-25(31)22-11-8-17-34-22)24(26(32)28-20-9-6-7-10-20)19-12-14-21(15-13-19)33-4-2/h8,11-15,17,20,24H,3-7,9-10,16,18H2,1-2H3,(H,27,31)(H,28,32)/t24-/m0/s1. The van der Waals surface area contributed by atoms with E-state index < -0.39 is 11.9 Å². The van der Waals surface area contributed by atoms with Crippen molar-refractivity contribution in [3.63, 3.8) is 0 Å². The van der Waals surface area contributed by atoms with Crippen LogP contribution in [0.2, 0.25) is 0 Å². The summed E-state index contributed by atoms with van der Waals surface area (Å²) < 4.78 is 10.6. The van der Waals surface area contributed by atoms with Crippen molar-refractivity contribution in [2.24, 2.45) is 0 Å². The highest BCUT2D eigenvalue weighted by Gasteiger charge is 2.33. The van der Waals surface area contributed by atoms with Gasteiger partial charge in [-0.15, -0.1) is 0 Å². The number of amides is 3. The number of unbranched alkanes of at least 4 members (excludes halogenated alkanes) is 1. The quantitative estimate of drug-likeness (QED) is 0.492. The van der Waals surface area contributed by atoms with E-state index in [-0.39, 0.29) is 30.2 Å². The molecule has 0 aliphatic heterocycles. The molecule has 8 heteroatoms. The molecule has 1 heterocycles. The predicted octanol–water partition coefficient (Wildman–Crippen LogP) is 3.84. The number of nitrogens with zero attached hydrogens (tertiary/aromatic N) is 1. The fourth-order valence-corrected chi connectivity index (χ4v) is 4.21. The molecule has 1 atom stereocenters. The number of benzene rings is 1. The molecule has 0 unspecified atom stereocenters. The van der Waals surface area contributed by atoms with Crippen LogP contribution in [0.4, 0.5) is 0 Å². The molecule has 1 aromatic carbocycles. The maximum Gasteiger partial charge on any atom is 0.287 e. The largest absolute Gasteiger partial charge is 0.494 e. The van der Waals surface area contributed by atoms with Crippen LogP contribution in [-0.4, -0.2) is 48.4 Å². The first kappa shape index (κ1) is 25.3. The van der Waals surface area contributed by atoms with Crippen molar-refractivity contribution in [1.29, 1.82) is 0 Å². The lowest BCUT2D eigenvalue weighted by molar-refractivity contribution is -0.140. The Kier molecular flexibility index (Phi) is 9.55. The molecule has 0 bridgehead atoms. The Morgan fingerprint density at radius 3 is 2.47 bits per heavy atom. The first-order valence-corrected chi connectivity index (χ1v) is 12.2. The van der Waals surface area contributed by atoms with Crippen LogP contribution in [0.3, 0.4) is 0 Å². The first-order chi connectivity index (χ1) is 16.5. The molecule has 0 saturated heterocycles. The van der Waals surface area contributed by atoms with E-state index in [0.29, 0.717) is 24.5 Å². The van der Waals surface area contributed by atoms with Gasteiger partial charge in [-0.25, -0.2) is 0 Å². The number of hydrogen-bond acceptors (Lipinski definition) is 5. The number of carbonyl (C=O) groups is 3. The molecule has 1 aliphatic rings. The Morgan fingerprint density at radius 1 is 1.12 bits per heavy atom. The third kappa shape index (κ3) is 6.85. The minimum Gasteiger partial charge on any atom is -0.494 e. The monoisotopic (exact) mass is 469 g/mol. The highest BCUT2D eigenvalue weighted by molar-refractivity contribution is 5.95. The highest BCUT2D eigenvalue weighted by atomic mass is 16.5. The van der Waals surface area contributed by atoms with E-state index in [1.165, 1.54) is 12.3 Å². The fraction of sp³-hybridized carbons (Fsp3) is 0.500. The first-order valence-electron chi connectivity index (χ1n) is 12.2. The van der Waals surface area contributed by atoms with Gasteiger partial charge in [0.25, 0.3) is 5.91 Å². The van der Waals surface area contributed by atoms with Crippen molar-refractivity contribution in [3.05, 3.63) is 54.0 Å². The smallest absolute Gasteiger partial charge is 0.287 e. The third-order valence-corrected chi connectivity index (χ3v) is 5.99. The van der Waals surface area contributed by atoms with Crippen LogP contribution in [0.25, 0.3) is 0 Å². The van der Waals surface area contributed by atoms with E-state index in [1.807, 2.05) is 38.1 Å². The lowest BCUT2D eigenvalue weighted by Gasteiger charge is -2.32. The molecule has 1 saturated carbocycles. The molecule has 1 aromatic heterocycles. The van der Waals surface area contributed by atoms with E-state index in [2.05, 4.69) is 10.6 Å². The van der Waals surface area contributed by atoms with Crippen molar-refractivity contribution in [2.75, 3.05) is 19.7 Å². The van der Waals surface area contributed by atoms with E-state index in [9.17, 15) is 14.4 Å². The van der Waals surface area contributed by atoms with Gasteiger partial charge in [0.15, 0.2) is 5.76 Å². The minimum absolute atomic E-state index is 0.125. The predicted molar refractivity (Wildman–Crippen MR) is 128 cm³/mol. The fourth-order valence-electron chi connectivity index (χ4n) is 4.21. The molecule has 0 radical (unpaired) electrons. The number of rotatable bonds is 12. The van der Waals surface area contributed by atoms with Crippen LogP contribution in [-0.2, 0) is 9.59 Å². The topological polar surface area (TPSA) is 101 Å². The zero-order valence-electron chi connectivity index (χ0n) is 20.0. The Hall–Kier alpha value is -3.29. The Bertz CT molecular complexity index is 920. The molecule has 1 aliphatic carbocycles.